The Balaban J connectivity index is 1.83. The molecule has 0 atom stereocenters. The zero-order chi connectivity index (χ0) is 16.4. The van der Waals surface area contributed by atoms with Gasteiger partial charge >= 0.3 is 0 Å². The maximum atomic E-state index is 12.7. The van der Waals surface area contributed by atoms with Crippen molar-refractivity contribution in [3.8, 4) is 0 Å². The van der Waals surface area contributed by atoms with Crippen molar-refractivity contribution >= 4 is 5.91 Å². The second-order valence-corrected chi connectivity index (χ2v) is 6.38. The molecule has 5 nitrogen and oxygen atoms in total. The van der Waals surface area contributed by atoms with Crippen LogP contribution in [0.5, 0.6) is 0 Å². The molecule has 1 aromatic carbocycles. The normalized spacial score (nSPS) is 14.0. The third-order valence-electron chi connectivity index (χ3n) is 4.04. The van der Waals surface area contributed by atoms with Gasteiger partial charge in [0.1, 0.15) is 5.69 Å². The van der Waals surface area contributed by atoms with Crippen molar-refractivity contribution in [2.75, 3.05) is 6.54 Å². The van der Waals surface area contributed by atoms with Gasteiger partial charge in [-0.15, -0.1) is 0 Å². The Morgan fingerprint density at radius 1 is 1.17 bits per heavy atom. The second-order valence-electron chi connectivity index (χ2n) is 6.38. The van der Waals surface area contributed by atoms with E-state index in [9.17, 15) is 9.59 Å². The van der Waals surface area contributed by atoms with Crippen LogP contribution >= 0.6 is 0 Å². The quantitative estimate of drug-likeness (QED) is 0.872. The molecular weight excluding hydrogens is 290 g/mol. The maximum absolute atomic E-state index is 12.7. The fourth-order valence-corrected chi connectivity index (χ4v) is 2.87. The monoisotopic (exact) mass is 311 g/mol. The Morgan fingerprint density at radius 3 is 2.65 bits per heavy atom. The summed E-state index contributed by atoms with van der Waals surface area (Å²) in [7, 11) is 0. The molecule has 1 amide bonds. The molecule has 1 aromatic heterocycles. The van der Waals surface area contributed by atoms with Gasteiger partial charge in [0.05, 0.1) is 0 Å². The van der Waals surface area contributed by atoms with Gasteiger partial charge in [0.15, 0.2) is 0 Å². The van der Waals surface area contributed by atoms with Gasteiger partial charge in [-0.1, -0.05) is 38.1 Å². The first-order chi connectivity index (χ1) is 11.0. The Hall–Kier alpha value is -2.43. The van der Waals surface area contributed by atoms with Crippen LogP contribution in [0.1, 0.15) is 35.5 Å². The summed E-state index contributed by atoms with van der Waals surface area (Å²) in [5, 5.41) is 4.26. The van der Waals surface area contributed by atoms with E-state index in [0.29, 0.717) is 31.2 Å². The molecule has 0 aliphatic carbocycles. The zero-order valence-electron chi connectivity index (χ0n) is 13.5. The topological polar surface area (TPSA) is 55.2 Å². The first-order valence-corrected chi connectivity index (χ1v) is 7.99. The molecule has 2 heterocycles. The summed E-state index contributed by atoms with van der Waals surface area (Å²) >= 11 is 0. The first-order valence-electron chi connectivity index (χ1n) is 7.99. The smallest absolute Gasteiger partial charge is 0.274 e. The summed E-state index contributed by atoms with van der Waals surface area (Å²) in [5.74, 6) is 0.185. The summed E-state index contributed by atoms with van der Waals surface area (Å²) < 4.78 is 1.38. The van der Waals surface area contributed by atoms with E-state index in [2.05, 4.69) is 17.2 Å². The van der Waals surface area contributed by atoms with E-state index < -0.39 is 0 Å². The second kappa shape index (κ2) is 6.36. The predicted molar refractivity (Wildman–Crippen MR) is 88.2 cm³/mol. The number of hydrogen-bond donors (Lipinski definition) is 0. The molecule has 0 fully saturated rings. The van der Waals surface area contributed by atoms with Crippen LogP contribution in [-0.4, -0.2) is 27.1 Å². The third kappa shape index (κ3) is 3.33. The Bertz CT molecular complexity index is 780. The van der Waals surface area contributed by atoms with Crippen molar-refractivity contribution < 1.29 is 4.79 Å². The molecule has 0 N–H and O–H groups in total. The van der Waals surface area contributed by atoms with Crippen molar-refractivity contribution in [3.05, 3.63) is 63.6 Å². The number of carbonyl (C=O) groups is 1. The van der Waals surface area contributed by atoms with Gasteiger partial charge in [-0.05, 0) is 29.5 Å². The number of rotatable bonds is 3. The molecule has 23 heavy (non-hydrogen) atoms. The van der Waals surface area contributed by atoms with Gasteiger partial charge in [-0.2, -0.15) is 5.10 Å². The SMILES string of the molecule is CC(C)Cn1nc(C(=O)N2CCc3ccccc3C2)ccc1=O. The first kappa shape index (κ1) is 15.5. The standard InChI is InChI=1S/C18H21N3O2/c1-13(2)11-21-17(22)8-7-16(19-21)18(23)20-10-9-14-5-3-4-6-15(14)12-20/h3-8,13H,9-12H2,1-2H3. The maximum Gasteiger partial charge on any atom is 0.274 e. The number of aromatic nitrogens is 2. The lowest BCUT2D eigenvalue weighted by molar-refractivity contribution is 0.0725. The number of carbonyl (C=O) groups excluding carboxylic acids is 1. The van der Waals surface area contributed by atoms with Gasteiger partial charge in [-0.3, -0.25) is 9.59 Å². The molecule has 0 spiro atoms. The van der Waals surface area contributed by atoms with E-state index in [-0.39, 0.29) is 11.5 Å². The number of amides is 1. The Labute approximate surface area is 135 Å². The van der Waals surface area contributed by atoms with Gasteiger partial charge < -0.3 is 4.90 Å². The Morgan fingerprint density at radius 2 is 1.91 bits per heavy atom. The lowest BCUT2D eigenvalue weighted by atomic mass is 10.00. The van der Waals surface area contributed by atoms with Crippen molar-refractivity contribution in [3.63, 3.8) is 0 Å². The van der Waals surface area contributed by atoms with Crippen molar-refractivity contribution in [1.29, 1.82) is 0 Å². The molecule has 0 unspecified atom stereocenters. The highest BCUT2D eigenvalue weighted by Crippen LogP contribution is 2.19. The van der Waals surface area contributed by atoms with E-state index in [1.54, 1.807) is 4.90 Å². The van der Waals surface area contributed by atoms with E-state index >= 15 is 0 Å². The van der Waals surface area contributed by atoms with Crippen molar-refractivity contribution in [2.24, 2.45) is 5.92 Å². The van der Waals surface area contributed by atoms with Crippen LogP contribution in [0.25, 0.3) is 0 Å². The molecule has 120 valence electrons. The van der Waals surface area contributed by atoms with Crippen LogP contribution < -0.4 is 5.56 Å². The average Bonchev–Trinajstić information content (AvgIpc) is 2.55. The molecule has 0 radical (unpaired) electrons. The van der Waals surface area contributed by atoms with Crippen molar-refractivity contribution in [2.45, 2.75) is 33.4 Å². The average molecular weight is 311 g/mol. The van der Waals surface area contributed by atoms with Crippen LogP contribution in [0.4, 0.5) is 0 Å². The van der Waals surface area contributed by atoms with Crippen LogP contribution in [0, 0.1) is 5.92 Å². The zero-order valence-corrected chi connectivity index (χ0v) is 13.5. The summed E-state index contributed by atoms with van der Waals surface area (Å²) in [4.78, 5) is 26.4. The molecule has 5 heteroatoms. The van der Waals surface area contributed by atoms with Crippen LogP contribution in [-0.2, 0) is 19.5 Å². The molecular formula is C18H21N3O2. The number of nitrogens with zero attached hydrogens (tertiary/aromatic N) is 3. The molecule has 0 saturated heterocycles. The summed E-state index contributed by atoms with van der Waals surface area (Å²) in [6.45, 7) is 5.83. The number of fused-ring (bicyclic) bond motifs is 1. The van der Waals surface area contributed by atoms with Crippen LogP contribution in [0.15, 0.2) is 41.2 Å². The van der Waals surface area contributed by atoms with Gasteiger partial charge in [0, 0.05) is 25.7 Å². The molecule has 1 aliphatic heterocycles. The molecule has 1 aliphatic rings. The molecule has 2 aromatic rings. The minimum absolute atomic E-state index is 0.114. The highest BCUT2D eigenvalue weighted by molar-refractivity contribution is 5.92. The Kier molecular flexibility index (Phi) is 4.28. The minimum atomic E-state index is -0.167. The molecule has 3 rings (SSSR count). The van der Waals surface area contributed by atoms with E-state index in [0.717, 1.165) is 6.42 Å². The third-order valence-corrected chi connectivity index (χ3v) is 4.04. The lowest BCUT2D eigenvalue weighted by Gasteiger charge is -2.28. The highest BCUT2D eigenvalue weighted by atomic mass is 16.2. The highest BCUT2D eigenvalue weighted by Gasteiger charge is 2.23. The van der Waals surface area contributed by atoms with Gasteiger partial charge in [0.2, 0.25) is 0 Å². The van der Waals surface area contributed by atoms with Crippen molar-refractivity contribution in [1.82, 2.24) is 14.7 Å². The summed E-state index contributed by atoms with van der Waals surface area (Å²) in [5.41, 5.74) is 2.65. The predicted octanol–water partition coefficient (Wildman–Crippen LogP) is 2.10. The fourth-order valence-electron chi connectivity index (χ4n) is 2.87. The lowest BCUT2D eigenvalue weighted by Crippen LogP contribution is -2.37. The largest absolute Gasteiger partial charge is 0.333 e. The van der Waals surface area contributed by atoms with E-state index in [1.807, 2.05) is 26.0 Å². The number of hydrogen-bond acceptors (Lipinski definition) is 3. The minimum Gasteiger partial charge on any atom is -0.333 e. The van der Waals surface area contributed by atoms with Crippen LogP contribution in [0.3, 0.4) is 0 Å². The van der Waals surface area contributed by atoms with Gasteiger partial charge in [0.25, 0.3) is 11.5 Å². The summed E-state index contributed by atoms with van der Waals surface area (Å²) in [6, 6.07) is 11.1. The molecule has 0 saturated carbocycles. The van der Waals surface area contributed by atoms with Gasteiger partial charge in [-0.25, -0.2) is 4.68 Å². The fraction of sp³-hybridized carbons (Fsp3) is 0.389. The van der Waals surface area contributed by atoms with E-state index in [1.165, 1.54) is 27.9 Å². The van der Waals surface area contributed by atoms with Crippen LogP contribution in [0.2, 0.25) is 0 Å². The number of benzene rings is 1. The molecule has 0 bridgehead atoms. The van der Waals surface area contributed by atoms with E-state index in [4.69, 9.17) is 0 Å². The summed E-state index contributed by atoms with van der Waals surface area (Å²) in [6.07, 6.45) is 0.855.